The zero-order chi connectivity index (χ0) is 13.0. The molecule has 3 N–H and O–H groups in total. The molecule has 2 aromatic rings. The fourth-order valence-corrected chi connectivity index (χ4v) is 3.04. The van der Waals surface area contributed by atoms with Crippen LogP contribution >= 0.6 is 23.1 Å². The van der Waals surface area contributed by atoms with Crippen molar-refractivity contribution in [3.8, 4) is 0 Å². The van der Waals surface area contributed by atoms with Gasteiger partial charge in [-0.2, -0.15) is 0 Å². The van der Waals surface area contributed by atoms with Crippen molar-refractivity contribution in [1.29, 1.82) is 0 Å². The van der Waals surface area contributed by atoms with Gasteiger partial charge >= 0.3 is 0 Å². The highest BCUT2D eigenvalue weighted by Gasteiger charge is 2.07. The number of rotatable bonds is 4. The predicted molar refractivity (Wildman–Crippen MR) is 79.3 cm³/mol. The van der Waals surface area contributed by atoms with Crippen LogP contribution in [-0.4, -0.2) is 11.7 Å². The lowest BCUT2D eigenvalue weighted by Crippen LogP contribution is -2.15. The number of nitrogens with two attached hydrogens (primary N) is 1. The summed E-state index contributed by atoms with van der Waals surface area (Å²) in [4.78, 5) is 11.8. The molecule has 0 atom stereocenters. The third kappa shape index (κ3) is 3.27. The van der Waals surface area contributed by atoms with E-state index in [9.17, 15) is 4.79 Å². The van der Waals surface area contributed by atoms with E-state index in [0.717, 1.165) is 15.5 Å². The number of hydrogen-bond donors (Lipinski definition) is 2. The normalized spacial score (nSPS) is 10.3. The molecule has 5 heteroatoms. The molecule has 0 unspecified atom stereocenters. The zero-order valence-electron chi connectivity index (χ0n) is 9.97. The van der Waals surface area contributed by atoms with E-state index < -0.39 is 0 Å². The highest BCUT2D eigenvalue weighted by molar-refractivity contribution is 8.01. The SMILES string of the molecule is Cc1c(N)cccc1NC(=O)CSc1cccs1. The van der Waals surface area contributed by atoms with Gasteiger partial charge in [-0.05, 0) is 36.1 Å². The first-order valence-electron chi connectivity index (χ1n) is 5.48. The number of benzene rings is 1. The molecule has 0 bridgehead atoms. The number of nitrogens with one attached hydrogen (secondary N) is 1. The Bertz CT molecular complexity index is 538. The van der Waals surface area contributed by atoms with Crippen LogP contribution in [0.25, 0.3) is 0 Å². The van der Waals surface area contributed by atoms with Gasteiger partial charge in [0, 0.05) is 11.4 Å². The molecule has 0 aliphatic carbocycles. The molecule has 0 spiro atoms. The number of carbonyl (C=O) groups excluding carboxylic acids is 1. The van der Waals surface area contributed by atoms with Crippen molar-refractivity contribution >= 4 is 40.4 Å². The van der Waals surface area contributed by atoms with Gasteiger partial charge in [0.1, 0.15) is 0 Å². The van der Waals surface area contributed by atoms with Gasteiger partial charge in [0.05, 0.1) is 9.96 Å². The molecule has 0 saturated heterocycles. The Labute approximate surface area is 114 Å². The number of carbonyl (C=O) groups is 1. The molecular formula is C13H14N2OS2. The number of amides is 1. The van der Waals surface area contributed by atoms with E-state index in [4.69, 9.17) is 5.73 Å². The minimum atomic E-state index is -0.0119. The van der Waals surface area contributed by atoms with Gasteiger partial charge in [0.15, 0.2) is 0 Å². The fourth-order valence-electron chi connectivity index (χ4n) is 1.46. The van der Waals surface area contributed by atoms with E-state index in [2.05, 4.69) is 5.32 Å². The van der Waals surface area contributed by atoms with Crippen LogP contribution in [0.1, 0.15) is 5.56 Å². The van der Waals surface area contributed by atoms with Crippen LogP contribution in [0.15, 0.2) is 39.9 Å². The van der Waals surface area contributed by atoms with Crippen molar-refractivity contribution in [2.75, 3.05) is 16.8 Å². The Kier molecular flexibility index (Phi) is 4.28. The average molecular weight is 278 g/mol. The number of nitrogen functional groups attached to an aromatic ring is 1. The number of anilines is 2. The van der Waals surface area contributed by atoms with Crippen LogP contribution in [0.2, 0.25) is 0 Å². The van der Waals surface area contributed by atoms with Crippen molar-refractivity contribution in [3.63, 3.8) is 0 Å². The monoisotopic (exact) mass is 278 g/mol. The number of hydrogen-bond acceptors (Lipinski definition) is 4. The van der Waals surface area contributed by atoms with Crippen LogP contribution in [-0.2, 0) is 4.79 Å². The maximum Gasteiger partial charge on any atom is 0.234 e. The Hall–Kier alpha value is -1.46. The molecular weight excluding hydrogens is 264 g/mol. The Morgan fingerprint density at radius 1 is 1.39 bits per heavy atom. The van der Waals surface area contributed by atoms with Crippen molar-refractivity contribution in [2.24, 2.45) is 0 Å². The Morgan fingerprint density at radius 3 is 2.94 bits per heavy atom. The van der Waals surface area contributed by atoms with Crippen molar-refractivity contribution in [1.82, 2.24) is 0 Å². The van der Waals surface area contributed by atoms with E-state index in [0.29, 0.717) is 11.4 Å². The molecule has 1 heterocycles. The molecule has 1 aromatic heterocycles. The molecule has 3 nitrogen and oxygen atoms in total. The maximum atomic E-state index is 11.8. The molecule has 0 radical (unpaired) electrons. The van der Waals surface area contributed by atoms with Crippen LogP contribution in [0.4, 0.5) is 11.4 Å². The van der Waals surface area contributed by atoms with Gasteiger partial charge < -0.3 is 11.1 Å². The maximum absolute atomic E-state index is 11.8. The fraction of sp³-hybridized carbons (Fsp3) is 0.154. The lowest BCUT2D eigenvalue weighted by atomic mass is 10.1. The number of thioether (sulfide) groups is 1. The summed E-state index contributed by atoms with van der Waals surface area (Å²) in [6.07, 6.45) is 0. The Morgan fingerprint density at radius 2 is 2.22 bits per heavy atom. The van der Waals surface area contributed by atoms with E-state index in [1.807, 2.05) is 42.6 Å². The molecule has 94 valence electrons. The second kappa shape index (κ2) is 5.93. The highest BCUT2D eigenvalue weighted by atomic mass is 32.2. The summed E-state index contributed by atoms with van der Waals surface area (Å²) in [5.74, 6) is 0.400. The van der Waals surface area contributed by atoms with Gasteiger partial charge in [0.2, 0.25) is 5.91 Å². The summed E-state index contributed by atoms with van der Waals surface area (Å²) >= 11 is 3.18. The Balaban J connectivity index is 1.93. The van der Waals surface area contributed by atoms with Crippen LogP contribution < -0.4 is 11.1 Å². The topological polar surface area (TPSA) is 55.1 Å². The largest absolute Gasteiger partial charge is 0.398 e. The van der Waals surface area contributed by atoms with Gasteiger partial charge in [-0.3, -0.25) is 4.79 Å². The van der Waals surface area contributed by atoms with E-state index in [1.54, 1.807) is 11.3 Å². The highest BCUT2D eigenvalue weighted by Crippen LogP contribution is 2.24. The summed E-state index contributed by atoms with van der Waals surface area (Å²) < 4.78 is 1.15. The van der Waals surface area contributed by atoms with Crippen LogP contribution in [0, 0.1) is 6.92 Å². The van der Waals surface area contributed by atoms with Gasteiger partial charge in [-0.25, -0.2) is 0 Å². The van der Waals surface area contributed by atoms with Gasteiger partial charge in [-0.1, -0.05) is 12.1 Å². The molecule has 1 aromatic carbocycles. The summed E-state index contributed by atoms with van der Waals surface area (Å²) in [6.45, 7) is 1.90. The number of thiophene rings is 1. The molecule has 18 heavy (non-hydrogen) atoms. The molecule has 2 rings (SSSR count). The summed E-state index contributed by atoms with van der Waals surface area (Å²) in [7, 11) is 0. The smallest absolute Gasteiger partial charge is 0.234 e. The molecule has 0 aliphatic heterocycles. The quantitative estimate of drug-likeness (QED) is 0.666. The molecule has 0 aliphatic rings. The van der Waals surface area contributed by atoms with E-state index in [1.165, 1.54) is 11.8 Å². The first-order chi connectivity index (χ1) is 8.66. The average Bonchev–Trinajstić information content (AvgIpc) is 2.86. The summed E-state index contributed by atoms with van der Waals surface area (Å²) in [5.41, 5.74) is 8.18. The van der Waals surface area contributed by atoms with E-state index in [-0.39, 0.29) is 5.91 Å². The van der Waals surface area contributed by atoms with Gasteiger partial charge in [-0.15, -0.1) is 23.1 Å². The third-order valence-corrected chi connectivity index (χ3v) is 4.62. The summed E-state index contributed by atoms with van der Waals surface area (Å²) in [5, 5.41) is 4.88. The first kappa shape index (κ1) is 13.0. The van der Waals surface area contributed by atoms with Crippen molar-refractivity contribution in [2.45, 2.75) is 11.1 Å². The zero-order valence-corrected chi connectivity index (χ0v) is 11.6. The van der Waals surface area contributed by atoms with Crippen LogP contribution in [0.3, 0.4) is 0 Å². The standard InChI is InChI=1S/C13H14N2OS2/c1-9-10(14)4-2-5-11(9)15-12(16)8-18-13-6-3-7-17-13/h2-7H,8,14H2,1H3,(H,15,16). The minimum absolute atomic E-state index is 0.0119. The van der Waals surface area contributed by atoms with Crippen molar-refractivity contribution < 1.29 is 4.79 Å². The second-order valence-corrected chi connectivity index (χ2v) is 6.01. The lowest BCUT2D eigenvalue weighted by Gasteiger charge is -2.09. The lowest BCUT2D eigenvalue weighted by molar-refractivity contribution is -0.113. The first-order valence-corrected chi connectivity index (χ1v) is 7.34. The second-order valence-electron chi connectivity index (χ2n) is 3.79. The predicted octanol–water partition coefficient (Wildman–Crippen LogP) is 3.37. The molecule has 1 amide bonds. The third-order valence-electron chi connectivity index (χ3n) is 2.49. The van der Waals surface area contributed by atoms with E-state index >= 15 is 0 Å². The molecule has 0 fully saturated rings. The van der Waals surface area contributed by atoms with Crippen LogP contribution in [0.5, 0.6) is 0 Å². The van der Waals surface area contributed by atoms with Gasteiger partial charge in [0.25, 0.3) is 0 Å². The minimum Gasteiger partial charge on any atom is -0.398 e. The van der Waals surface area contributed by atoms with Crippen molar-refractivity contribution in [3.05, 3.63) is 41.3 Å². The molecule has 0 saturated carbocycles. The summed E-state index contributed by atoms with van der Waals surface area (Å²) in [6, 6.07) is 9.51.